The molecular weight excluding hydrogens is 510 g/mol. The van der Waals surface area contributed by atoms with Gasteiger partial charge in [-0.2, -0.15) is 0 Å². The van der Waals surface area contributed by atoms with E-state index >= 15 is 0 Å². The zero-order chi connectivity index (χ0) is 28.5. The second kappa shape index (κ2) is 12.2. The summed E-state index contributed by atoms with van der Waals surface area (Å²) in [5.74, 6) is 0.0803. The number of epoxide rings is 2. The molecular formula is C31H49N3O6. The average molecular weight is 560 g/mol. The van der Waals surface area contributed by atoms with Crippen molar-refractivity contribution < 1.29 is 28.5 Å². The van der Waals surface area contributed by atoms with Crippen molar-refractivity contribution in [2.45, 2.75) is 102 Å². The monoisotopic (exact) mass is 559 g/mol. The first-order valence-electron chi connectivity index (χ1n) is 15.1. The molecule has 1 spiro atoms. The Hall–Kier alpha value is -1.78. The molecule has 224 valence electrons. The molecule has 1 saturated carbocycles. The van der Waals surface area contributed by atoms with E-state index in [2.05, 4.69) is 56.4 Å². The number of aromatic nitrogens is 2. The van der Waals surface area contributed by atoms with E-state index in [1.165, 1.54) is 5.57 Å². The number of imidazole rings is 1. The van der Waals surface area contributed by atoms with Gasteiger partial charge in [-0.1, -0.05) is 25.5 Å². The molecule has 4 aliphatic rings. The van der Waals surface area contributed by atoms with Crippen LogP contribution in [0.4, 0.5) is 0 Å². The van der Waals surface area contributed by atoms with E-state index in [1.54, 1.807) is 7.11 Å². The highest BCUT2D eigenvalue weighted by molar-refractivity contribution is 5.70. The van der Waals surface area contributed by atoms with Crippen LogP contribution in [0.15, 0.2) is 24.2 Å². The molecule has 9 heteroatoms. The third-order valence-corrected chi connectivity index (χ3v) is 9.52. The summed E-state index contributed by atoms with van der Waals surface area (Å²) < 4.78 is 32.2. The topological polar surface area (TPSA) is 90.9 Å². The van der Waals surface area contributed by atoms with Crippen molar-refractivity contribution in [3.8, 4) is 0 Å². The van der Waals surface area contributed by atoms with E-state index in [4.69, 9.17) is 28.7 Å². The Bertz CT molecular complexity index is 1040. The molecule has 4 fully saturated rings. The summed E-state index contributed by atoms with van der Waals surface area (Å²) in [5, 5.41) is 0. The van der Waals surface area contributed by atoms with Crippen molar-refractivity contribution in [3.63, 3.8) is 0 Å². The first kappa shape index (κ1) is 29.7. The molecule has 0 unspecified atom stereocenters. The summed E-state index contributed by atoms with van der Waals surface area (Å²) in [5.41, 5.74) is 1.66. The number of hydrogen-bond donors (Lipinski definition) is 0. The van der Waals surface area contributed by atoms with E-state index in [0.717, 1.165) is 71.0 Å². The fourth-order valence-electron chi connectivity index (χ4n) is 6.92. The SMILES string of the molecule is CO[C@@H]1[C@H](OC(=O)C[C@H](c2cn(CCN3CCOCC3)cn2)C(C)C)CC[C@]2(CO2)[C@H]1[C@@]1(C)O[C@@H]1CC=C(C)C. The van der Waals surface area contributed by atoms with Gasteiger partial charge in [-0.3, -0.25) is 9.69 Å². The average Bonchev–Trinajstić information content (AvgIpc) is 3.79. The molecule has 7 atom stereocenters. The number of carbonyl (C=O) groups excluding carboxylic acids is 1. The summed E-state index contributed by atoms with van der Waals surface area (Å²) in [4.78, 5) is 20.5. The lowest BCUT2D eigenvalue weighted by Gasteiger charge is -2.42. The van der Waals surface area contributed by atoms with Crippen LogP contribution in [0.1, 0.15) is 71.9 Å². The molecule has 5 rings (SSSR count). The van der Waals surface area contributed by atoms with Gasteiger partial charge in [0.05, 0.1) is 50.3 Å². The maximum Gasteiger partial charge on any atom is 0.306 e. The Kier molecular flexibility index (Phi) is 9.07. The van der Waals surface area contributed by atoms with Gasteiger partial charge >= 0.3 is 5.97 Å². The first-order valence-corrected chi connectivity index (χ1v) is 15.1. The molecule has 0 amide bonds. The summed E-state index contributed by atoms with van der Waals surface area (Å²) in [6.07, 6.45) is 8.52. The lowest BCUT2D eigenvalue weighted by atomic mass is 9.68. The predicted molar refractivity (Wildman–Crippen MR) is 151 cm³/mol. The number of morpholine rings is 1. The molecule has 0 aromatic carbocycles. The number of nitrogens with zero attached hydrogens (tertiary/aromatic N) is 3. The first-order chi connectivity index (χ1) is 19.1. The Balaban J connectivity index is 1.20. The van der Waals surface area contributed by atoms with Crippen LogP contribution >= 0.6 is 0 Å². The lowest BCUT2D eigenvalue weighted by molar-refractivity contribution is -0.172. The van der Waals surface area contributed by atoms with Gasteiger partial charge < -0.3 is 28.3 Å². The van der Waals surface area contributed by atoms with E-state index in [0.29, 0.717) is 6.42 Å². The number of carbonyl (C=O) groups is 1. The number of methoxy groups -OCH3 is 1. The van der Waals surface area contributed by atoms with E-state index in [-0.39, 0.29) is 53.2 Å². The van der Waals surface area contributed by atoms with Gasteiger partial charge in [-0.15, -0.1) is 0 Å². The van der Waals surface area contributed by atoms with Crippen LogP contribution in [0.5, 0.6) is 0 Å². The molecule has 1 aromatic rings. The van der Waals surface area contributed by atoms with Crippen LogP contribution in [0, 0.1) is 11.8 Å². The second-order valence-electron chi connectivity index (χ2n) is 13.0. The van der Waals surface area contributed by atoms with E-state index in [1.807, 2.05) is 6.33 Å². The molecule has 1 aromatic heterocycles. The minimum Gasteiger partial charge on any atom is -0.460 e. The lowest BCUT2D eigenvalue weighted by Crippen LogP contribution is -2.55. The van der Waals surface area contributed by atoms with Crippen LogP contribution in [0.2, 0.25) is 0 Å². The summed E-state index contributed by atoms with van der Waals surface area (Å²) in [6.45, 7) is 16.8. The van der Waals surface area contributed by atoms with Crippen molar-refractivity contribution in [1.82, 2.24) is 14.5 Å². The number of ether oxygens (including phenoxy) is 5. The normalized spacial score (nSPS) is 34.6. The fourth-order valence-corrected chi connectivity index (χ4v) is 6.92. The number of allylic oxidation sites excluding steroid dienone is 1. The number of esters is 1. The molecule has 0 radical (unpaired) electrons. The Labute approximate surface area is 239 Å². The van der Waals surface area contributed by atoms with Crippen molar-refractivity contribution in [2.75, 3.05) is 46.6 Å². The second-order valence-corrected chi connectivity index (χ2v) is 13.0. The van der Waals surface area contributed by atoms with Gasteiger partial charge in [0.15, 0.2) is 0 Å². The fraction of sp³-hybridized carbons (Fsp3) is 0.806. The van der Waals surface area contributed by atoms with E-state index < -0.39 is 0 Å². The highest BCUT2D eigenvalue weighted by Crippen LogP contribution is 2.59. The molecule has 40 heavy (non-hydrogen) atoms. The van der Waals surface area contributed by atoms with Crippen LogP contribution in [-0.2, 0) is 35.0 Å². The highest BCUT2D eigenvalue weighted by Gasteiger charge is 2.72. The van der Waals surface area contributed by atoms with Gasteiger partial charge in [0.25, 0.3) is 0 Å². The zero-order valence-corrected chi connectivity index (χ0v) is 25.3. The third-order valence-electron chi connectivity index (χ3n) is 9.52. The summed E-state index contributed by atoms with van der Waals surface area (Å²) in [7, 11) is 1.72. The van der Waals surface area contributed by atoms with Crippen LogP contribution in [0.3, 0.4) is 0 Å². The van der Waals surface area contributed by atoms with Gasteiger partial charge in [0.2, 0.25) is 0 Å². The molecule has 3 aliphatic heterocycles. The van der Waals surface area contributed by atoms with Crippen molar-refractivity contribution in [3.05, 3.63) is 29.9 Å². The zero-order valence-electron chi connectivity index (χ0n) is 25.3. The Morgan fingerprint density at radius 2 is 2.00 bits per heavy atom. The number of hydrogen-bond acceptors (Lipinski definition) is 8. The van der Waals surface area contributed by atoms with E-state index in [9.17, 15) is 4.79 Å². The molecule has 0 N–H and O–H groups in total. The van der Waals surface area contributed by atoms with Crippen LogP contribution in [0.25, 0.3) is 0 Å². The minimum absolute atomic E-state index is 0.00615. The minimum atomic E-state index is -0.345. The molecule has 1 aliphatic carbocycles. The van der Waals surface area contributed by atoms with Crippen LogP contribution in [-0.4, -0.2) is 96.5 Å². The third kappa shape index (κ3) is 6.49. The van der Waals surface area contributed by atoms with Crippen molar-refractivity contribution >= 4 is 5.97 Å². The highest BCUT2D eigenvalue weighted by atomic mass is 16.6. The molecule has 4 heterocycles. The maximum atomic E-state index is 13.4. The van der Waals surface area contributed by atoms with Gasteiger partial charge in [0.1, 0.15) is 23.4 Å². The van der Waals surface area contributed by atoms with Crippen molar-refractivity contribution in [2.24, 2.45) is 11.8 Å². The standard InChI is InChI=1S/C31H49N3O6/c1-21(2)7-8-26-30(5,40-26)29-28(36-6)25(9-10-31(29)19-38-31)39-27(35)17-23(22(3)4)24-18-34(20-32-24)12-11-33-13-15-37-16-14-33/h7,18,20,22-23,25-26,28-29H,8-17,19H2,1-6H3/t23-,25+,26+,28+,29+,30-,31-/m0/s1. The Morgan fingerprint density at radius 3 is 2.65 bits per heavy atom. The summed E-state index contributed by atoms with van der Waals surface area (Å²) >= 11 is 0. The predicted octanol–water partition coefficient (Wildman–Crippen LogP) is 3.96. The maximum absolute atomic E-state index is 13.4. The van der Waals surface area contributed by atoms with Gasteiger partial charge in [-0.25, -0.2) is 4.98 Å². The number of rotatable bonds is 12. The van der Waals surface area contributed by atoms with Gasteiger partial charge in [-0.05, 0) is 46.0 Å². The summed E-state index contributed by atoms with van der Waals surface area (Å²) in [6, 6.07) is 0. The molecule has 0 bridgehead atoms. The largest absolute Gasteiger partial charge is 0.460 e. The molecule has 3 saturated heterocycles. The Morgan fingerprint density at radius 1 is 1.25 bits per heavy atom. The smallest absolute Gasteiger partial charge is 0.306 e. The molecule has 9 nitrogen and oxygen atoms in total. The van der Waals surface area contributed by atoms with Gasteiger partial charge in [0, 0.05) is 45.4 Å². The van der Waals surface area contributed by atoms with Crippen molar-refractivity contribution in [1.29, 1.82) is 0 Å². The quantitative estimate of drug-likeness (QED) is 0.216. The van der Waals surface area contributed by atoms with Crippen LogP contribution < -0.4 is 0 Å².